The normalized spacial score (nSPS) is 11.6. The number of benzene rings is 1. The molecule has 94 valence electrons. The van der Waals surface area contributed by atoms with Crippen LogP contribution in [-0.2, 0) is 0 Å². The average Bonchev–Trinajstić information content (AvgIpc) is 2.40. The molecular formula is C15H18N2O. The molecule has 1 unspecified atom stereocenters. The Morgan fingerprint density at radius 2 is 1.94 bits per heavy atom. The fourth-order valence-electron chi connectivity index (χ4n) is 1.86. The summed E-state index contributed by atoms with van der Waals surface area (Å²) in [4.78, 5) is 1.98. The molecule has 0 aromatic heterocycles. The zero-order valence-corrected chi connectivity index (χ0v) is 10.7. The Kier molecular flexibility index (Phi) is 5.69. The first-order chi connectivity index (χ1) is 8.78. The molecule has 0 radical (unpaired) electrons. The van der Waals surface area contributed by atoms with E-state index in [0.29, 0.717) is 13.1 Å². The van der Waals surface area contributed by atoms with Crippen molar-refractivity contribution in [3.63, 3.8) is 0 Å². The minimum atomic E-state index is -0.364. The van der Waals surface area contributed by atoms with E-state index in [4.69, 9.17) is 4.74 Å². The van der Waals surface area contributed by atoms with Crippen LogP contribution in [-0.4, -0.2) is 25.1 Å². The minimum absolute atomic E-state index is 0.364. The monoisotopic (exact) mass is 242 g/mol. The molecule has 0 spiro atoms. The number of hydrogen-bond donors (Lipinski definition) is 0. The maximum atomic E-state index is 9.41. The zero-order valence-electron chi connectivity index (χ0n) is 10.7. The number of methoxy groups -OCH3 is 1. The van der Waals surface area contributed by atoms with Crippen LogP contribution in [0.3, 0.4) is 0 Å². The first kappa shape index (κ1) is 14.0. The van der Waals surface area contributed by atoms with Gasteiger partial charge < -0.3 is 4.74 Å². The highest BCUT2D eigenvalue weighted by molar-refractivity contribution is 5.38. The lowest BCUT2D eigenvalue weighted by molar-refractivity contribution is 0.283. The second-order valence-corrected chi connectivity index (χ2v) is 3.80. The summed E-state index contributed by atoms with van der Waals surface area (Å²) in [6.45, 7) is 8.69. The van der Waals surface area contributed by atoms with E-state index in [0.717, 1.165) is 11.3 Å². The van der Waals surface area contributed by atoms with Gasteiger partial charge in [-0.25, -0.2) is 0 Å². The molecule has 0 aliphatic carbocycles. The van der Waals surface area contributed by atoms with Gasteiger partial charge in [0.25, 0.3) is 0 Å². The summed E-state index contributed by atoms with van der Waals surface area (Å²) in [5, 5.41) is 9.41. The Morgan fingerprint density at radius 3 is 2.44 bits per heavy atom. The molecule has 18 heavy (non-hydrogen) atoms. The molecule has 0 aliphatic rings. The lowest BCUT2D eigenvalue weighted by Gasteiger charge is -2.25. The molecule has 0 heterocycles. The van der Waals surface area contributed by atoms with Crippen molar-refractivity contribution in [3.05, 3.63) is 55.1 Å². The van der Waals surface area contributed by atoms with Crippen molar-refractivity contribution in [2.24, 2.45) is 0 Å². The first-order valence-electron chi connectivity index (χ1n) is 5.76. The summed E-state index contributed by atoms with van der Waals surface area (Å²) in [6, 6.07) is 9.51. The SMILES string of the molecule is C=CCN(CC=C)C(C#N)c1ccccc1OC. The van der Waals surface area contributed by atoms with Crippen LogP contribution in [0.5, 0.6) is 5.75 Å². The molecule has 1 rings (SSSR count). The van der Waals surface area contributed by atoms with E-state index in [-0.39, 0.29) is 6.04 Å². The van der Waals surface area contributed by atoms with E-state index >= 15 is 0 Å². The maximum Gasteiger partial charge on any atom is 0.127 e. The molecule has 0 saturated heterocycles. The highest BCUT2D eigenvalue weighted by Crippen LogP contribution is 2.28. The van der Waals surface area contributed by atoms with Crippen LogP contribution in [0.15, 0.2) is 49.6 Å². The van der Waals surface area contributed by atoms with Gasteiger partial charge in [0.1, 0.15) is 11.8 Å². The summed E-state index contributed by atoms with van der Waals surface area (Å²) in [7, 11) is 1.61. The standard InChI is InChI=1S/C15H18N2O/c1-4-10-17(11-5-2)14(12-16)13-8-6-7-9-15(13)18-3/h4-9,14H,1-2,10-11H2,3H3. The van der Waals surface area contributed by atoms with Crippen molar-refractivity contribution in [2.75, 3.05) is 20.2 Å². The van der Waals surface area contributed by atoms with Gasteiger partial charge in [0, 0.05) is 18.7 Å². The van der Waals surface area contributed by atoms with Gasteiger partial charge in [-0.3, -0.25) is 4.90 Å². The Labute approximate surface area is 109 Å². The molecule has 1 aromatic rings. The second kappa shape index (κ2) is 7.31. The van der Waals surface area contributed by atoms with Crippen molar-refractivity contribution in [1.82, 2.24) is 4.90 Å². The number of nitrogens with zero attached hydrogens (tertiary/aromatic N) is 2. The van der Waals surface area contributed by atoms with Crippen molar-refractivity contribution in [1.29, 1.82) is 5.26 Å². The summed E-state index contributed by atoms with van der Waals surface area (Å²) in [5.41, 5.74) is 0.867. The molecule has 0 saturated carbocycles. The lowest BCUT2D eigenvalue weighted by Crippen LogP contribution is -2.28. The third-order valence-electron chi connectivity index (χ3n) is 2.65. The van der Waals surface area contributed by atoms with E-state index < -0.39 is 0 Å². The van der Waals surface area contributed by atoms with Crippen LogP contribution in [0.25, 0.3) is 0 Å². The number of ether oxygens (including phenoxy) is 1. The quantitative estimate of drug-likeness (QED) is 0.690. The Bertz CT molecular complexity index is 438. The van der Waals surface area contributed by atoms with Gasteiger partial charge in [-0.05, 0) is 6.07 Å². The minimum Gasteiger partial charge on any atom is -0.496 e. The number of rotatable bonds is 7. The Morgan fingerprint density at radius 1 is 1.33 bits per heavy atom. The zero-order chi connectivity index (χ0) is 13.4. The molecule has 0 aliphatic heterocycles. The smallest absolute Gasteiger partial charge is 0.127 e. The van der Waals surface area contributed by atoms with Gasteiger partial charge in [-0.2, -0.15) is 5.26 Å². The molecule has 0 N–H and O–H groups in total. The highest BCUT2D eigenvalue weighted by atomic mass is 16.5. The summed E-state index contributed by atoms with van der Waals surface area (Å²) in [5.74, 6) is 0.724. The summed E-state index contributed by atoms with van der Waals surface area (Å²) < 4.78 is 5.31. The van der Waals surface area contributed by atoms with Gasteiger partial charge in [0.15, 0.2) is 0 Å². The average molecular weight is 242 g/mol. The van der Waals surface area contributed by atoms with Crippen molar-refractivity contribution in [3.8, 4) is 11.8 Å². The third-order valence-corrected chi connectivity index (χ3v) is 2.65. The van der Waals surface area contributed by atoms with Crippen LogP contribution < -0.4 is 4.74 Å². The molecule has 0 fully saturated rings. The maximum absolute atomic E-state index is 9.41. The number of hydrogen-bond acceptors (Lipinski definition) is 3. The Balaban J connectivity index is 3.10. The molecule has 3 nitrogen and oxygen atoms in total. The summed E-state index contributed by atoms with van der Waals surface area (Å²) >= 11 is 0. The second-order valence-electron chi connectivity index (χ2n) is 3.80. The van der Waals surface area contributed by atoms with Gasteiger partial charge in [-0.1, -0.05) is 30.4 Å². The van der Waals surface area contributed by atoms with Crippen LogP contribution in [0.1, 0.15) is 11.6 Å². The summed E-state index contributed by atoms with van der Waals surface area (Å²) in [6.07, 6.45) is 3.56. The molecular weight excluding hydrogens is 224 g/mol. The van der Waals surface area contributed by atoms with Gasteiger partial charge in [-0.15, -0.1) is 13.2 Å². The van der Waals surface area contributed by atoms with Crippen LogP contribution in [0.2, 0.25) is 0 Å². The Hall–Kier alpha value is -2.05. The fourth-order valence-corrected chi connectivity index (χ4v) is 1.86. The topological polar surface area (TPSA) is 36.3 Å². The van der Waals surface area contributed by atoms with E-state index in [1.807, 2.05) is 29.2 Å². The molecule has 3 heteroatoms. The van der Waals surface area contributed by atoms with E-state index in [1.165, 1.54) is 0 Å². The predicted molar refractivity (Wildman–Crippen MR) is 73.3 cm³/mol. The fraction of sp³-hybridized carbons (Fsp3) is 0.267. The number of para-hydroxylation sites is 1. The lowest BCUT2D eigenvalue weighted by atomic mass is 10.1. The van der Waals surface area contributed by atoms with Gasteiger partial charge in [0.2, 0.25) is 0 Å². The largest absolute Gasteiger partial charge is 0.496 e. The van der Waals surface area contributed by atoms with E-state index in [9.17, 15) is 5.26 Å². The van der Waals surface area contributed by atoms with Crippen molar-refractivity contribution < 1.29 is 4.74 Å². The number of nitriles is 1. The molecule has 1 aromatic carbocycles. The predicted octanol–water partition coefficient (Wildman–Crippen LogP) is 2.93. The van der Waals surface area contributed by atoms with Crippen LogP contribution in [0.4, 0.5) is 0 Å². The molecule has 0 amide bonds. The van der Waals surface area contributed by atoms with E-state index in [2.05, 4.69) is 19.2 Å². The van der Waals surface area contributed by atoms with E-state index in [1.54, 1.807) is 19.3 Å². The van der Waals surface area contributed by atoms with Crippen molar-refractivity contribution >= 4 is 0 Å². The van der Waals surface area contributed by atoms with Crippen LogP contribution >= 0.6 is 0 Å². The van der Waals surface area contributed by atoms with Gasteiger partial charge >= 0.3 is 0 Å². The molecule has 0 bridgehead atoms. The molecule has 1 atom stereocenters. The van der Waals surface area contributed by atoms with Crippen LogP contribution in [0, 0.1) is 11.3 Å². The van der Waals surface area contributed by atoms with Gasteiger partial charge in [0.05, 0.1) is 13.2 Å². The third kappa shape index (κ3) is 3.22. The highest BCUT2D eigenvalue weighted by Gasteiger charge is 2.21. The van der Waals surface area contributed by atoms with Crippen molar-refractivity contribution in [2.45, 2.75) is 6.04 Å². The first-order valence-corrected chi connectivity index (χ1v) is 5.76.